The molecule has 0 bridgehead atoms. The molecule has 0 saturated carbocycles. The van der Waals surface area contributed by atoms with Crippen LogP contribution in [-0.4, -0.2) is 34.2 Å². The molecule has 0 N–H and O–H groups in total. The number of hydrogen-bond donors (Lipinski definition) is 0. The zero-order valence-corrected chi connectivity index (χ0v) is 20.4. The first-order valence-electron chi connectivity index (χ1n) is 11.7. The normalized spacial score (nSPS) is 13.1. The van der Waals surface area contributed by atoms with Gasteiger partial charge in [0, 0.05) is 13.0 Å². The van der Waals surface area contributed by atoms with Crippen molar-refractivity contribution < 1.29 is 14.4 Å². The quantitative estimate of drug-likeness (QED) is 0.295. The molecule has 0 atom stereocenters. The average molecular weight is 484 g/mol. The van der Waals surface area contributed by atoms with Crippen LogP contribution in [-0.2, 0) is 4.79 Å². The maximum atomic E-state index is 13.5. The Morgan fingerprint density at radius 2 is 1.54 bits per heavy atom. The van der Waals surface area contributed by atoms with Gasteiger partial charge in [-0.05, 0) is 54.3 Å². The van der Waals surface area contributed by atoms with E-state index in [1.165, 1.54) is 21.8 Å². The molecular weight excluding hydrogens is 458 g/mol. The van der Waals surface area contributed by atoms with Crippen molar-refractivity contribution in [3.05, 3.63) is 89.5 Å². The summed E-state index contributed by atoms with van der Waals surface area (Å²) in [7, 11) is 0. The number of imide groups is 1. The molecule has 0 radical (unpaired) electrons. The second-order valence-corrected chi connectivity index (χ2v) is 9.86. The van der Waals surface area contributed by atoms with Crippen molar-refractivity contribution in [2.45, 2.75) is 32.6 Å². The molecule has 0 saturated heterocycles. The van der Waals surface area contributed by atoms with Crippen molar-refractivity contribution in [1.82, 2.24) is 9.88 Å². The number of fused-ring (bicyclic) bond motifs is 2. The van der Waals surface area contributed by atoms with E-state index in [9.17, 15) is 14.4 Å². The average Bonchev–Trinajstić information content (AvgIpc) is 3.39. The summed E-state index contributed by atoms with van der Waals surface area (Å²) in [6.45, 7) is 4.45. The van der Waals surface area contributed by atoms with Crippen molar-refractivity contribution in [3.8, 4) is 0 Å². The highest BCUT2D eigenvalue weighted by Crippen LogP contribution is 2.35. The second kappa shape index (κ2) is 9.43. The maximum Gasteiger partial charge on any atom is 0.261 e. The molecule has 1 aliphatic heterocycles. The molecule has 7 heteroatoms. The molecule has 0 spiro atoms. The molecule has 176 valence electrons. The van der Waals surface area contributed by atoms with Gasteiger partial charge in [-0.25, -0.2) is 4.98 Å². The van der Waals surface area contributed by atoms with Gasteiger partial charge in [-0.3, -0.25) is 24.2 Å². The molecule has 0 fully saturated rings. The lowest BCUT2D eigenvalue weighted by molar-refractivity contribution is -0.118. The summed E-state index contributed by atoms with van der Waals surface area (Å²) < 4.78 is 1.00. The summed E-state index contributed by atoms with van der Waals surface area (Å²) in [4.78, 5) is 46.4. The lowest BCUT2D eigenvalue weighted by Crippen LogP contribution is -2.32. The van der Waals surface area contributed by atoms with Crippen LogP contribution in [0.15, 0.2) is 72.8 Å². The van der Waals surface area contributed by atoms with E-state index in [0.717, 1.165) is 15.9 Å². The van der Waals surface area contributed by atoms with Crippen LogP contribution < -0.4 is 4.90 Å². The van der Waals surface area contributed by atoms with Crippen LogP contribution in [0.4, 0.5) is 10.8 Å². The SMILES string of the molecule is CC(C)c1ccc(N(C(=O)CCCN2C(=O)c3ccccc3C2=O)c2nc3ccccc3s2)cc1. The predicted molar refractivity (Wildman–Crippen MR) is 138 cm³/mol. The van der Waals surface area contributed by atoms with Gasteiger partial charge in [0.25, 0.3) is 11.8 Å². The van der Waals surface area contributed by atoms with E-state index >= 15 is 0 Å². The molecule has 35 heavy (non-hydrogen) atoms. The molecule has 3 aromatic carbocycles. The third-order valence-electron chi connectivity index (χ3n) is 6.19. The number of carbonyl (C=O) groups is 3. The van der Waals surface area contributed by atoms with Crippen LogP contribution in [0.5, 0.6) is 0 Å². The Bertz CT molecular complexity index is 1360. The molecule has 6 nitrogen and oxygen atoms in total. The zero-order chi connectivity index (χ0) is 24.5. The molecule has 4 aromatic rings. The molecule has 1 aliphatic rings. The summed E-state index contributed by atoms with van der Waals surface area (Å²) in [5, 5.41) is 0.606. The molecule has 5 rings (SSSR count). The van der Waals surface area contributed by atoms with Gasteiger partial charge in [0.2, 0.25) is 5.91 Å². The van der Waals surface area contributed by atoms with E-state index < -0.39 is 0 Å². The van der Waals surface area contributed by atoms with E-state index in [1.54, 1.807) is 29.2 Å². The monoisotopic (exact) mass is 483 g/mol. The Hall–Kier alpha value is -3.84. The maximum absolute atomic E-state index is 13.5. The standard InChI is InChI=1S/C28H25N3O3S/c1-18(2)19-13-15-20(16-14-19)31(28-29-23-10-5-6-11-24(23)35-28)25(32)12-7-17-30-26(33)21-8-3-4-9-22(21)27(30)34/h3-6,8-11,13-16,18H,7,12,17H2,1-2H3. The minimum atomic E-state index is -0.301. The molecule has 1 aromatic heterocycles. The lowest BCUT2D eigenvalue weighted by atomic mass is 10.0. The fraction of sp³-hybridized carbons (Fsp3) is 0.214. The Kier molecular flexibility index (Phi) is 6.17. The fourth-order valence-electron chi connectivity index (χ4n) is 4.27. The highest BCUT2D eigenvalue weighted by atomic mass is 32.1. The minimum Gasteiger partial charge on any atom is -0.274 e. The number of amides is 3. The highest BCUT2D eigenvalue weighted by Gasteiger charge is 2.34. The number of anilines is 2. The fourth-order valence-corrected chi connectivity index (χ4v) is 5.27. The first-order valence-corrected chi connectivity index (χ1v) is 12.5. The van der Waals surface area contributed by atoms with Crippen LogP contribution in [0, 0.1) is 0 Å². The van der Waals surface area contributed by atoms with Gasteiger partial charge in [-0.2, -0.15) is 0 Å². The highest BCUT2D eigenvalue weighted by molar-refractivity contribution is 7.22. The summed E-state index contributed by atoms with van der Waals surface area (Å²) in [6, 6.07) is 22.6. The second-order valence-electron chi connectivity index (χ2n) is 8.85. The smallest absolute Gasteiger partial charge is 0.261 e. The molecule has 3 amide bonds. The van der Waals surface area contributed by atoms with Gasteiger partial charge in [0.1, 0.15) is 0 Å². The van der Waals surface area contributed by atoms with Gasteiger partial charge >= 0.3 is 0 Å². The Balaban J connectivity index is 1.36. The van der Waals surface area contributed by atoms with Crippen molar-refractivity contribution in [2.75, 3.05) is 11.4 Å². The van der Waals surface area contributed by atoms with E-state index in [-0.39, 0.29) is 30.7 Å². The predicted octanol–water partition coefficient (Wildman–Crippen LogP) is 6.16. The third kappa shape index (κ3) is 4.35. The number of rotatable bonds is 7. The number of nitrogens with zero attached hydrogens (tertiary/aromatic N) is 3. The topological polar surface area (TPSA) is 70.6 Å². The molecule has 0 unspecified atom stereocenters. The van der Waals surface area contributed by atoms with E-state index in [1.807, 2.05) is 48.5 Å². The van der Waals surface area contributed by atoms with Crippen LogP contribution in [0.2, 0.25) is 0 Å². The number of carbonyl (C=O) groups excluding carboxylic acids is 3. The Morgan fingerprint density at radius 3 is 2.17 bits per heavy atom. The summed E-state index contributed by atoms with van der Waals surface area (Å²) in [5.74, 6) is -0.344. The number of para-hydroxylation sites is 1. The minimum absolute atomic E-state index is 0.127. The summed E-state index contributed by atoms with van der Waals surface area (Å²) in [5.41, 5.74) is 3.63. The van der Waals surface area contributed by atoms with Crippen molar-refractivity contribution in [2.24, 2.45) is 0 Å². The summed E-state index contributed by atoms with van der Waals surface area (Å²) in [6.07, 6.45) is 0.547. The Labute approximate surface area is 207 Å². The number of aromatic nitrogens is 1. The van der Waals surface area contributed by atoms with Crippen LogP contribution in [0.25, 0.3) is 10.2 Å². The number of benzene rings is 3. The lowest BCUT2D eigenvalue weighted by Gasteiger charge is -2.21. The molecule has 0 aliphatic carbocycles. The van der Waals surface area contributed by atoms with E-state index in [2.05, 4.69) is 13.8 Å². The van der Waals surface area contributed by atoms with Crippen LogP contribution >= 0.6 is 11.3 Å². The molecular formula is C28H25N3O3S. The van der Waals surface area contributed by atoms with Gasteiger partial charge < -0.3 is 0 Å². The first kappa shape index (κ1) is 22.9. The van der Waals surface area contributed by atoms with E-state index in [4.69, 9.17) is 4.98 Å². The molecule has 2 heterocycles. The van der Waals surface area contributed by atoms with E-state index in [0.29, 0.717) is 28.6 Å². The third-order valence-corrected chi connectivity index (χ3v) is 7.21. The largest absolute Gasteiger partial charge is 0.274 e. The van der Waals surface area contributed by atoms with Gasteiger partial charge in [-0.1, -0.05) is 61.6 Å². The zero-order valence-electron chi connectivity index (χ0n) is 19.6. The summed E-state index contributed by atoms with van der Waals surface area (Å²) >= 11 is 1.47. The number of thiazole rings is 1. The van der Waals surface area contributed by atoms with Crippen molar-refractivity contribution in [1.29, 1.82) is 0 Å². The van der Waals surface area contributed by atoms with Gasteiger partial charge in [0.15, 0.2) is 5.13 Å². The van der Waals surface area contributed by atoms with Gasteiger partial charge in [-0.15, -0.1) is 0 Å². The van der Waals surface area contributed by atoms with Crippen LogP contribution in [0.1, 0.15) is 58.9 Å². The Morgan fingerprint density at radius 1 is 0.914 bits per heavy atom. The van der Waals surface area contributed by atoms with Gasteiger partial charge in [0.05, 0.1) is 27.0 Å². The first-order chi connectivity index (χ1) is 16.9. The van der Waals surface area contributed by atoms with Crippen molar-refractivity contribution in [3.63, 3.8) is 0 Å². The number of hydrogen-bond acceptors (Lipinski definition) is 5. The van der Waals surface area contributed by atoms with Crippen molar-refractivity contribution >= 4 is 50.1 Å². The van der Waals surface area contributed by atoms with Crippen LogP contribution in [0.3, 0.4) is 0 Å².